The Bertz CT molecular complexity index is 480. The molecule has 1 fully saturated rings. The zero-order valence-electron chi connectivity index (χ0n) is 11.5. The van der Waals surface area contributed by atoms with Crippen molar-refractivity contribution in [1.82, 2.24) is 4.90 Å². The first-order chi connectivity index (χ1) is 9.04. The van der Waals surface area contributed by atoms with E-state index in [0.717, 1.165) is 0 Å². The Morgan fingerprint density at radius 3 is 2.74 bits per heavy atom. The number of carbonyl (C=O) groups is 2. The molecule has 5 heteroatoms. The summed E-state index contributed by atoms with van der Waals surface area (Å²) in [5.74, 6) is 0.421. The summed E-state index contributed by atoms with van der Waals surface area (Å²) >= 11 is 0. The van der Waals surface area contributed by atoms with Gasteiger partial charge in [0, 0.05) is 13.1 Å². The molecule has 19 heavy (non-hydrogen) atoms. The summed E-state index contributed by atoms with van der Waals surface area (Å²) in [7, 11) is 1.40. The number of hydrogen-bond acceptors (Lipinski definition) is 4. The highest BCUT2D eigenvalue weighted by atomic mass is 16.5. The first-order valence-corrected chi connectivity index (χ1v) is 6.45. The summed E-state index contributed by atoms with van der Waals surface area (Å²) in [6, 6.07) is 1.69. The highest BCUT2D eigenvalue weighted by Crippen LogP contribution is 2.26. The molecule has 0 aliphatic carbocycles. The second-order valence-corrected chi connectivity index (χ2v) is 5.04. The molecule has 0 bridgehead atoms. The summed E-state index contributed by atoms with van der Waals surface area (Å²) in [6.07, 6.45) is 2.17. The van der Waals surface area contributed by atoms with Crippen LogP contribution in [0.25, 0.3) is 0 Å². The largest absolute Gasteiger partial charge is 0.469 e. The molecule has 1 aliphatic heterocycles. The monoisotopic (exact) mass is 265 g/mol. The third-order valence-corrected chi connectivity index (χ3v) is 3.79. The maximum atomic E-state index is 12.3. The number of nitrogens with zero attached hydrogens (tertiary/aromatic N) is 1. The molecule has 1 amide bonds. The lowest BCUT2D eigenvalue weighted by Crippen LogP contribution is -2.45. The zero-order valence-corrected chi connectivity index (χ0v) is 11.5. The van der Waals surface area contributed by atoms with Gasteiger partial charge in [0.25, 0.3) is 5.91 Å². The number of esters is 1. The lowest BCUT2D eigenvalue weighted by atomic mass is 9.86. The predicted octanol–water partition coefficient (Wildman–Crippen LogP) is 1.86. The van der Waals surface area contributed by atoms with Crippen molar-refractivity contribution in [1.29, 1.82) is 0 Å². The van der Waals surface area contributed by atoms with E-state index in [-0.39, 0.29) is 23.7 Å². The first-order valence-electron chi connectivity index (χ1n) is 6.45. The topological polar surface area (TPSA) is 59.8 Å². The third kappa shape index (κ3) is 2.64. The van der Waals surface area contributed by atoms with Gasteiger partial charge in [-0.25, -0.2) is 0 Å². The maximum absolute atomic E-state index is 12.3. The molecule has 2 rings (SSSR count). The van der Waals surface area contributed by atoms with Crippen LogP contribution in [-0.2, 0) is 9.53 Å². The van der Waals surface area contributed by atoms with Crippen molar-refractivity contribution < 1.29 is 18.7 Å². The Labute approximate surface area is 112 Å². The number of amides is 1. The van der Waals surface area contributed by atoms with E-state index in [9.17, 15) is 9.59 Å². The molecule has 0 radical (unpaired) electrons. The van der Waals surface area contributed by atoms with Crippen LogP contribution in [0.1, 0.15) is 29.5 Å². The molecule has 5 nitrogen and oxygen atoms in total. The van der Waals surface area contributed by atoms with Gasteiger partial charge < -0.3 is 14.1 Å². The van der Waals surface area contributed by atoms with Crippen LogP contribution in [0.3, 0.4) is 0 Å². The molecular formula is C14H19NO4. The Morgan fingerprint density at radius 2 is 2.21 bits per heavy atom. The number of carbonyl (C=O) groups excluding carboxylic acids is 2. The van der Waals surface area contributed by atoms with Crippen molar-refractivity contribution in [3.63, 3.8) is 0 Å². The third-order valence-electron chi connectivity index (χ3n) is 3.79. The molecule has 1 aliphatic rings. The molecule has 0 saturated carbocycles. The van der Waals surface area contributed by atoms with Crippen LogP contribution in [0.2, 0.25) is 0 Å². The lowest BCUT2D eigenvalue weighted by molar-refractivity contribution is -0.148. The second-order valence-electron chi connectivity index (χ2n) is 5.04. The Morgan fingerprint density at radius 1 is 1.47 bits per heavy atom. The Kier molecular flexibility index (Phi) is 3.93. The number of methoxy groups -OCH3 is 1. The van der Waals surface area contributed by atoms with Gasteiger partial charge in [0.1, 0.15) is 5.76 Å². The number of furan rings is 1. The van der Waals surface area contributed by atoms with Crippen LogP contribution in [0.5, 0.6) is 0 Å². The number of ether oxygens (including phenoxy) is 1. The van der Waals surface area contributed by atoms with Crippen LogP contribution in [0, 0.1) is 18.8 Å². The molecule has 1 aromatic heterocycles. The van der Waals surface area contributed by atoms with Crippen molar-refractivity contribution in [2.45, 2.75) is 20.3 Å². The van der Waals surface area contributed by atoms with Crippen molar-refractivity contribution in [2.75, 3.05) is 20.2 Å². The number of likely N-dealkylation sites (tertiary alicyclic amines) is 1. The number of hydrogen-bond donors (Lipinski definition) is 0. The van der Waals surface area contributed by atoms with Crippen molar-refractivity contribution in [2.24, 2.45) is 11.8 Å². The lowest BCUT2D eigenvalue weighted by Gasteiger charge is -2.35. The fourth-order valence-corrected chi connectivity index (χ4v) is 2.61. The van der Waals surface area contributed by atoms with Gasteiger partial charge in [-0.3, -0.25) is 9.59 Å². The minimum absolute atomic E-state index is 0.0265. The quantitative estimate of drug-likeness (QED) is 0.766. The van der Waals surface area contributed by atoms with Gasteiger partial charge in [0.15, 0.2) is 0 Å². The summed E-state index contributed by atoms with van der Waals surface area (Å²) in [6.45, 7) is 4.90. The summed E-state index contributed by atoms with van der Waals surface area (Å²) in [5, 5.41) is 0. The average molecular weight is 265 g/mol. The second kappa shape index (κ2) is 5.47. The molecule has 0 aromatic carbocycles. The summed E-state index contributed by atoms with van der Waals surface area (Å²) in [5.41, 5.74) is 0.601. The number of aryl methyl sites for hydroxylation is 1. The van der Waals surface area contributed by atoms with E-state index in [4.69, 9.17) is 9.15 Å². The number of rotatable bonds is 2. The van der Waals surface area contributed by atoms with E-state index in [2.05, 4.69) is 0 Å². The van der Waals surface area contributed by atoms with Crippen LogP contribution >= 0.6 is 0 Å². The van der Waals surface area contributed by atoms with Crippen LogP contribution in [-0.4, -0.2) is 37.0 Å². The molecule has 1 aromatic rings. The van der Waals surface area contributed by atoms with E-state index in [1.807, 2.05) is 6.92 Å². The van der Waals surface area contributed by atoms with Gasteiger partial charge in [-0.05, 0) is 25.3 Å². The molecule has 2 heterocycles. The highest BCUT2D eigenvalue weighted by Gasteiger charge is 2.34. The maximum Gasteiger partial charge on any atom is 0.309 e. The van der Waals surface area contributed by atoms with E-state index >= 15 is 0 Å². The predicted molar refractivity (Wildman–Crippen MR) is 68.6 cm³/mol. The standard InChI is InChI=1S/C14H19NO4/c1-9-8-15(6-4-11(9)14(17)18-3)13(16)12-5-7-19-10(12)2/h5,7,9,11H,4,6,8H2,1-3H3/t9-,11-/m1/s1. The van der Waals surface area contributed by atoms with E-state index in [0.29, 0.717) is 30.8 Å². The first kappa shape index (κ1) is 13.6. The van der Waals surface area contributed by atoms with Gasteiger partial charge in [0.2, 0.25) is 0 Å². The van der Waals surface area contributed by atoms with Crippen molar-refractivity contribution >= 4 is 11.9 Å². The highest BCUT2D eigenvalue weighted by molar-refractivity contribution is 5.95. The number of piperidine rings is 1. The Balaban J connectivity index is 2.04. The van der Waals surface area contributed by atoms with E-state index < -0.39 is 0 Å². The van der Waals surface area contributed by atoms with Gasteiger partial charge in [0.05, 0.1) is 24.9 Å². The minimum atomic E-state index is -0.181. The molecule has 2 atom stereocenters. The van der Waals surface area contributed by atoms with Gasteiger partial charge in [-0.1, -0.05) is 6.92 Å². The fourth-order valence-electron chi connectivity index (χ4n) is 2.61. The molecule has 0 N–H and O–H groups in total. The van der Waals surface area contributed by atoms with Crippen LogP contribution in [0.15, 0.2) is 16.7 Å². The molecular weight excluding hydrogens is 246 g/mol. The summed E-state index contributed by atoms with van der Waals surface area (Å²) in [4.78, 5) is 25.7. The molecule has 0 spiro atoms. The molecule has 0 unspecified atom stereocenters. The summed E-state index contributed by atoms with van der Waals surface area (Å²) < 4.78 is 9.95. The van der Waals surface area contributed by atoms with E-state index in [1.54, 1.807) is 17.9 Å². The van der Waals surface area contributed by atoms with E-state index in [1.165, 1.54) is 13.4 Å². The minimum Gasteiger partial charge on any atom is -0.469 e. The van der Waals surface area contributed by atoms with Gasteiger partial charge in [-0.2, -0.15) is 0 Å². The molecule has 1 saturated heterocycles. The molecule has 104 valence electrons. The normalized spacial score (nSPS) is 23.2. The van der Waals surface area contributed by atoms with Crippen molar-refractivity contribution in [3.05, 3.63) is 23.7 Å². The van der Waals surface area contributed by atoms with Crippen molar-refractivity contribution in [3.8, 4) is 0 Å². The average Bonchev–Trinajstić information content (AvgIpc) is 2.83. The van der Waals surface area contributed by atoms with Gasteiger partial charge in [-0.15, -0.1) is 0 Å². The SMILES string of the molecule is COC(=O)[C@@H]1CCN(C(=O)c2ccoc2C)C[C@H]1C. The van der Waals surface area contributed by atoms with Gasteiger partial charge >= 0.3 is 5.97 Å². The van der Waals surface area contributed by atoms with Crippen LogP contribution in [0.4, 0.5) is 0 Å². The Hall–Kier alpha value is -1.78. The fraction of sp³-hybridized carbons (Fsp3) is 0.571. The smallest absolute Gasteiger partial charge is 0.309 e. The van der Waals surface area contributed by atoms with Crippen LogP contribution < -0.4 is 0 Å². The zero-order chi connectivity index (χ0) is 14.0.